The summed E-state index contributed by atoms with van der Waals surface area (Å²) in [5.74, 6) is 2.37. The van der Waals surface area contributed by atoms with E-state index in [0.29, 0.717) is 38.6 Å². The number of fused-ring (bicyclic) bond motifs is 2. The van der Waals surface area contributed by atoms with Crippen molar-refractivity contribution in [3.8, 4) is 5.75 Å². The van der Waals surface area contributed by atoms with Gasteiger partial charge in [-0.25, -0.2) is 4.99 Å². The van der Waals surface area contributed by atoms with E-state index in [4.69, 9.17) is 4.74 Å². The minimum absolute atomic E-state index is 0.0128. The first-order chi connectivity index (χ1) is 17.1. The van der Waals surface area contributed by atoms with E-state index >= 15 is 0 Å². The first-order valence-corrected chi connectivity index (χ1v) is 13.4. The van der Waals surface area contributed by atoms with E-state index in [1.807, 2.05) is 28.0 Å². The Kier molecular flexibility index (Phi) is 9.40. The molecule has 2 N–H and O–H groups in total. The van der Waals surface area contributed by atoms with Gasteiger partial charge in [0.15, 0.2) is 0 Å². The highest BCUT2D eigenvalue weighted by atomic mass is 16.5. The number of carbonyl (C=O) groups excluding carboxylic acids is 2. The molecule has 4 rings (SSSR count). The predicted octanol–water partition coefficient (Wildman–Crippen LogP) is 3.74. The van der Waals surface area contributed by atoms with Crippen LogP contribution in [0.5, 0.6) is 5.75 Å². The lowest BCUT2D eigenvalue weighted by atomic mass is 9.86. The molecule has 1 saturated carbocycles. The molecule has 1 aromatic carbocycles. The van der Waals surface area contributed by atoms with Gasteiger partial charge in [-0.2, -0.15) is 0 Å². The number of guanidine groups is 1. The van der Waals surface area contributed by atoms with Crippen molar-refractivity contribution in [2.24, 2.45) is 10.9 Å². The Hall–Kier alpha value is -2.61. The van der Waals surface area contributed by atoms with Crippen LogP contribution in [0.25, 0.3) is 0 Å². The van der Waals surface area contributed by atoms with Gasteiger partial charge in [-0.1, -0.05) is 51.0 Å². The van der Waals surface area contributed by atoms with Crippen LogP contribution in [0.2, 0.25) is 0 Å². The molecule has 0 radical (unpaired) electrons. The second kappa shape index (κ2) is 12.9. The highest BCUT2D eigenvalue weighted by Crippen LogP contribution is 2.34. The summed E-state index contributed by atoms with van der Waals surface area (Å²) in [5, 5.41) is 12.2. The van der Waals surface area contributed by atoms with Gasteiger partial charge in [0.25, 0.3) is 0 Å². The topological polar surface area (TPSA) is 94.5 Å². The largest absolute Gasteiger partial charge is 0.493 e. The number of benzene rings is 1. The molecule has 0 spiro atoms. The Morgan fingerprint density at radius 3 is 2.80 bits per heavy atom. The van der Waals surface area contributed by atoms with Crippen molar-refractivity contribution in [1.29, 1.82) is 0 Å². The fourth-order valence-corrected chi connectivity index (χ4v) is 5.39. The summed E-state index contributed by atoms with van der Waals surface area (Å²) in [4.78, 5) is 32.7. The summed E-state index contributed by atoms with van der Waals surface area (Å²) < 4.78 is 6.04. The van der Waals surface area contributed by atoms with Gasteiger partial charge in [0.1, 0.15) is 12.3 Å². The number of aliphatic hydroxyl groups excluding tert-OH is 1. The van der Waals surface area contributed by atoms with E-state index in [1.54, 1.807) is 0 Å². The monoisotopic (exact) mass is 484 g/mol. The smallest absolute Gasteiger partial charge is 0.246 e. The van der Waals surface area contributed by atoms with Crippen molar-refractivity contribution in [1.82, 2.24) is 15.1 Å². The van der Waals surface area contributed by atoms with Crippen LogP contribution >= 0.6 is 0 Å². The van der Waals surface area contributed by atoms with E-state index in [9.17, 15) is 14.7 Å². The van der Waals surface area contributed by atoms with Gasteiger partial charge in [0.2, 0.25) is 17.8 Å². The maximum absolute atomic E-state index is 12.7. The average molecular weight is 485 g/mol. The molecule has 1 aliphatic carbocycles. The number of rotatable bonds is 13. The van der Waals surface area contributed by atoms with Gasteiger partial charge >= 0.3 is 0 Å². The fraction of sp³-hybridized carbons (Fsp3) is 0.667. The molecule has 0 bridgehead atoms. The van der Waals surface area contributed by atoms with Crippen molar-refractivity contribution in [3.63, 3.8) is 0 Å². The zero-order valence-electron chi connectivity index (χ0n) is 20.8. The molecule has 8 nitrogen and oxygen atoms in total. The first kappa shape index (κ1) is 25.5. The summed E-state index contributed by atoms with van der Waals surface area (Å²) in [6.07, 6.45) is 12.4. The quantitative estimate of drug-likeness (QED) is 0.416. The summed E-state index contributed by atoms with van der Waals surface area (Å²) in [6.45, 7) is 2.62. The molecule has 3 aliphatic rings. The molecule has 2 heterocycles. The Bertz CT molecular complexity index is 897. The van der Waals surface area contributed by atoms with Crippen molar-refractivity contribution >= 4 is 23.5 Å². The lowest BCUT2D eigenvalue weighted by Gasteiger charge is -2.25. The van der Waals surface area contributed by atoms with Crippen molar-refractivity contribution < 1.29 is 19.4 Å². The van der Waals surface area contributed by atoms with E-state index in [-0.39, 0.29) is 18.4 Å². The number of carbonyl (C=O) groups is 2. The van der Waals surface area contributed by atoms with Crippen LogP contribution in [-0.2, 0) is 16.1 Å². The Labute approximate surface area is 208 Å². The van der Waals surface area contributed by atoms with Gasteiger partial charge in [-0.15, -0.1) is 0 Å². The zero-order chi connectivity index (χ0) is 24.5. The van der Waals surface area contributed by atoms with Crippen LogP contribution in [0.3, 0.4) is 0 Å². The van der Waals surface area contributed by atoms with E-state index in [2.05, 4.69) is 10.3 Å². The van der Waals surface area contributed by atoms with Gasteiger partial charge < -0.3 is 19.6 Å². The Morgan fingerprint density at radius 2 is 1.97 bits per heavy atom. The number of aliphatic hydroxyl groups is 1. The molecular formula is C27H40N4O4. The van der Waals surface area contributed by atoms with E-state index < -0.39 is 0 Å². The molecule has 2 fully saturated rings. The molecule has 2 aliphatic heterocycles. The third-order valence-corrected chi connectivity index (χ3v) is 7.35. The summed E-state index contributed by atoms with van der Waals surface area (Å²) >= 11 is 0. The standard InChI is InChI=1S/C27H40N4O4/c32-17-16-30(15-6-4-11-21-9-2-1-3-10-21)26(34)14-5-7-18-35-24-13-8-12-23-22(24)19-31-20-25(33)29-27(31)28-23/h8,12-13,21,32H,1-7,9-11,14-20H2,(H,28,29,33). The van der Waals surface area contributed by atoms with Crippen LogP contribution in [-0.4, -0.2) is 65.5 Å². The number of unbranched alkanes of at least 4 members (excludes halogenated alkanes) is 2. The third-order valence-electron chi connectivity index (χ3n) is 7.35. The highest BCUT2D eigenvalue weighted by Gasteiger charge is 2.30. The third kappa shape index (κ3) is 7.19. The fourth-order valence-electron chi connectivity index (χ4n) is 5.39. The minimum Gasteiger partial charge on any atom is -0.493 e. The molecule has 35 heavy (non-hydrogen) atoms. The molecule has 2 amide bonds. The number of hydrogen-bond acceptors (Lipinski definition) is 6. The van der Waals surface area contributed by atoms with Crippen LogP contribution in [0.4, 0.5) is 5.69 Å². The number of hydrogen-bond donors (Lipinski definition) is 2. The normalized spacial score (nSPS) is 17.5. The Morgan fingerprint density at radius 1 is 1.11 bits per heavy atom. The number of aliphatic imine (C=N–C) groups is 1. The zero-order valence-corrected chi connectivity index (χ0v) is 20.8. The maximum Gasteiger partial charge on any atom is 0.246 e. The second-order valence-electron chi connectivity index (χ2n) is 10.0. The molecule has 1 saturated heterocycles. The molecule has 0 unspecified atom stereocenters. The Balaban J connectivity index is 1.15. The maximum atomic E-state index is 12.7. The number of amides is 2. The van der Waals surface area contributed by atoms with Crippen molar-refractivity contribution in [2.75, 3.05) is 32.8 Å². The molecule has 8 heteroatoms. The number of nitrogens with one attached hydrogen (secondary N) is 1. The second-order valence-corrected chi connectivity index (χ2v) is 10.0. The molecule has 192 valence electrons. The van der Waals surface area contributed by atoms with Gasteiger partial charge in [0.05, 0.1) is 25.4 Å². The number of nitrogens with zero attached hydrogens (tertiary/aromatic N) is 3. The molecule has 0 atom stereocenters. The summed E-state index contributed by atoms with van der Waals surface area (Å²) in [6, 6.07) is 5.78. The van der Waals surface area contributed by atoms with Crippen molar-refractivity contribution in [3.05, 3.63) is 23.8 Å². The first-order valence-electron chi connectivity index (χ1n) is 13.4. The summed E-state index contributed by atoms with van der Waals surface area (Å²) in [5.41, 5.74) is 1.82. The van der Waals surface area contributed by atoms with Crippen molar-refractivity contribution in [2.45, 2.75) is 77.2 Å². The number of ether oxygens (including phenoxy) is 1. The van der Waals surface area contributed by atoms with E-state index in [0.717, 1.165) is 48.7 Å². The van der Waals surface area contributed by atoms with Crippen LogP contribution in [0, 0.1) is 5.92 Å². The lowest BCUT2D eigenvalue weighted by molar-refractivity contribution is -0.132. The van der Waals surface area contributed by atoms with Crippen LogP contribution in [0.1, 0.15) is 76.2 Å². The summed E-state index contributed by atoms with van der Waals surface area (Å²) in [7, 11) is 0. The molecule has 1 aromatic rings. The highest BCUT2D eigenvalue weighted by molar-refractivity contribution is 6.05. The van der Waals surface area contributed by atoms with E-state index in [1.165, 1.54) is 44.9 Å². The lowest BCUT2D eigenvalue weighted by Crippen LogP contribution is -2.34. The van der Waals surface area contributed by atoms with Gasteiger partial charge in [0, 0.05) is 25.1 Å². The van der Waals surface area contributed by atoms with Gasteiger partial charge in [-0.3, -0.25) is 14.9 Å². The van der Waals surface area contributed by atoms with Crippen LogP contribution in [0.15, 0.2) is 23.2 Å². The molecule has 0 aromatic heterocycles. The van der Waals surface area contributed by atoms with Crippen LogP contribution < -0.4 is 10.1 Å². The molecular weight excluding hydrogens is 444 g/mol. The average Bonchev–Trinajstić information content (AvgIpc) is 3.23. The SMILES string of the molecule is O=C1CN2Cc3c(cccc3OCCCCC(=O)N(CCO)CCCCC3CCCCC3)N=C2N1. The predicted molar refractivity (Wildman–Crippen MR) is 136 cm³/mol. The minimum atomic E-state index is -0.0387. The van der Waals surface area contributed by atoms with Gasteiger partial charge in [-0.05, 0) is 37.3 Å².